The molecule has 2 N–H and O–H groups in total. The molecule has 110 valence electrons. The molecular weight excluding hydrogens is 264 g/mol. The largest absolute Gasteiger partial charge is 0.480 e. The summed E-state index contributed by atoms with van der Waals surface area (Å²) in [4.78, 5) is 30.1. The third-order valence-corrected chi connectivity index (χ3v) is 3.44. The lowest BCUT2D eigenvalue weighted by Gasteiger charge is -2.27. The number of amides is 2. The fraction of sp³-hybridized carbons (Fsp3) is 0.583. The zero-order valence-electron chi connectivity index (χ0n) is 11.4. The Balaban J connectivity index is 2.06. The van der Waals surface area contributed by atoms with Gasteiger partial charge in [0.25, 0.3) is 0 Å². The summed E-state index contributed by atoms with van der Waals surface area (Å²) in [7, 11) is 3.40. The Hall–Kier alpha value is -2.09. The fourth-order valence-electron chi connectivity index (χ4n) is 2.31. The molecule has 1 aromatic heterocycles. The smallest absolute Gasteiger partial charge is 0.326 e. The molecule has 1 aliphatic heterocycles. The molecule has 0 aliphatic carbocycles. The van der Waals surface area contributed by atoms with Gasteiger partial charge in [-0.2, -0.15) is 0 Å². The van der Waals surface area contributed by atoms with Crippen molar-refractivity contribution in [2.75, 3.05) is 13.6 Å². The van der Waals surface area contributed by atoms with Gasteiger partial charge < -0.3 is 24.6 Å². The molecule has 1 aromatic rings. The predicted octanol–water partition coefficient (Wildman–Crippen LogP) is -0.508. The van der Waals surface area contributed by atoms with Gasteiger partial charge >= 0.3 is 12.0 Å². The van der Waals surface area contributed by atoms with Crippen LogP contribution in [0.5, 0.6) is 0 Å². The number of imidazole rings is 1. The Morgan fingerprint density at radius 3 is 2.80 bits per heavy atom. The van der Waals surface area contributed by atoms with Gasteiger partial charge in [0.2, 0.25) is 0 Å². The van der Waals surface area contributed by atoms with Crippen LogP contribution in [0.4, 0.5) is 4.79 Å². The van der Waals surface area contributed by atoms with E-state index in [9.17, 15) is 14.7 Å². The number of carboxylic acid groups (broad SMARTS) is 1. The van der Waals surface area contributed by atoms with Crippen LogP contribution in [0, 0.1) is 0 Å². The van der Waals surface area contributed by atoms with Crippen molar-refractivity contribution in [1.82, 2.24) is 19.4 Å². The molecule has 2 atom stereocenters. The lowest BCUT2D eigenvalue weighted by Crippen LogP contribution is -2.46. The van der Waals surface area contributed by atoms with Gasteiger partial charge in [0.15, 0.2) is 0 Å². The normalized spacial score (nSPS) is 22.1. The molecule has 2 amide bonds. The third-order valence-electron chi connectivity index (χ3n) is 3.44. The van der Waals surface area contributed by atoms with E-state index in [-0.39, 0.29) is 19.5 Å². The lowest BCUT2D eigenvalue weighted by atomic mass is 10.2. The summed E-state index contributed by atoms with van der Waals surface area (Å²) in [6, 6.07) is -1.39. The number of nitrogens with zero attached hydrogens (tertiary/aromatic N) is 4. The molecule has 0 saturated carbocycles. The van der Waals surface area contributed by atoms with E-state index in [0.29, 0.717) is 5.82 Å². The highest BCUT2D eigenvalue weighted by Crippen LogP contribution is 2.20. The minimum Gasteiger partial charge on any atom is -0.480 e. The average Bonchev–Trinajstić information content (AvgIpc) is 2.95. The topological polar surface area (TPSA) is 98.9 Å². The molecule has 8 heteroatoms. The Kier molecular flexibility index (Phi) is 3.93. The van der Waals surface area contributed by atoms with Gasteiger partial charge in [0.1, 0.15) is 11.9 Å². The van der Waals surface area contributed by atoms with Crippen LogP contribution >= 0.6 is 0 Å². The van der Waals surface area contributed by atoms with E-state index < -0.39 is 24.1 Å². The molecule has 8 nitrogen and oxygen atoms in total. The summed E-state index contributed by atoms with van der Waals surface area (Å²) in [5, 5.41) is 18.7. The number of urea groups is 1. The number of aliphatic hydroxyl groups excluding tert-OH is 1. The zero-order chi connectivity index (χ0) is 14.9. The molecule has 0 bridgehead atoms. The van der Waals surface area contributed by atoms with E-state index in [2.05, 4.69) is 4.98 Å². The standard InChI is InChI=1S/C12H18N4O4/c1-14-4-3-13-10(14)7-15(2)12(20)16-6-8(17)5-9(16)11(18)19/h3-4,8-9,17H,5-7H2,1-2H3,(H,18,19)/t8-,9-/m0/s1. The maximum Gasteiger partial charge on any atom is 0.326 e. The second kappa shape index (κ2) is 5.49. The number of aromatic nitrogens is 2. The maximum absolute atomic E-state index is 12.3. The highest BCUT2D eigenvalue weighted by atomic mass is 16.4. The van der Waals surface area contributed by atoms with Gasteiger partial charge in [0, 0.05) is 39.5 Å². The van der Waals surface area contributed by atoms with Crippen molar-refractivity contribution in [2.24, 2.45) is 7.05 Å². The predicted molar refractivity (Wildman–Crippen MR) is 68.8 cm³/mol. The number of hydrogen-bond donors (Lipinski definition) is 2. The summed E-state index contributed by atoms with van der Waals surface area (Å²) in [5.74, 6) is -0.396. The first-order chi connectivity index (χ1) is 9.40. The monoisotopic (exact) mass is 282 g/mol. The minimum atomic E-state index is -1.10. The number of rotatable bonds is 3. The van der Waals surface area contributed by atoms with Crippen molar-refractivity contribution in [2.45, 2.75) is 25.1 Å². The summed E-state index contributed by atoms with van der Waals surface area (Å²) in [5.41, 5.74) is 0. The van der Waals surface area contributed by atoms with Crippen molar-refractivity contribution in [3.05, 3.63) is 18.2 Å². The Labute approximate surface area is 116 Å². The Morgan fingerprint density at radius 1 is 1.55 bits per heavy atom. The number of β-amino-alcohol motifs (C(OH)–C–C–N with tert-alkyl or cyclic N) is 1. The van der Waals surface area contributed by atoms with Gasteiger partial charge in [0.05, 0.1) is 12.6 Å². The molecule has 2 heterocycles. The lowest BCUT2D eigenvalue weighted by molar-refractivity contribution is -0.141. The van der Waals surface area contributed by atoms with Crippen LogP contribution in [0.3, 0.4) is 0 Å². The molecule has 1 saturated heterocycles. The first-order valence-corrected chi connectivity index (χ1v) is 6.29. The SMILES string of the molecule is CN(Cc1nccn1C)C(=O)N1C[C@@H](O)C[C@H]1C(=O)O. The number of aliphatic hydroxyl groups is 1. The minimum absolute atomic E-state index is 0.0424. The summed E-state index contributed by atoms with van der Waals surface area (Å²) in [6.45, 7) is 0.321. The van der Waals surface area contributed by atoms with Crippen molar-refractivity contribution in [3.8, 4) is 0 Å². The van der Waals surface area contributed by atoms with E-state index >= 15 is 0 Å². The number of aryl methyl sites for hydroxylation is 1. The third kappa shape index (κ3) is 2.74. The fourth-order valence-corrected chi connectivity index (χ4v) is 2.31. The quantitative estimate of drug-likeness (QED) is 0.778. The van der Waals surface area contributed by atoms with Gasteiger partial charge in [-0.1, -0.05) is 0 Å². The molecular formula is C12H18N4O4. The highest BCUT2D eigenvalue weighted by molar-refractivity contribution is 5.83. The van der Waals surface area contributed by atoms with Crippen LogP contribution < -0.4 is 0 Å². The second-order valence-corrected chi connectivity index (χ2v) is 4.99. The first kappa shape index (κ1) is 14.3. The molecule has 0 unspecified atom stereocenters. The van der Waals surface area contributed by atoms with E-state index in [1.807, 2.05) is 7.05 Å². The van der Waals surface area contributed by atoms with Crippen LogP contribution in [-0.2, 0) is 18.4 Å². The molecule has 1 fully saturated rings. The number of hydrogen-bond acceptors (Lipinski definition) is 4. The molecule has 20 heavy (non-hydrogen) atoms. The van der Waals surface area contributed by atoms with Crippen LogP contribution in [0.15, 0.2) is 12.4 Å². The van der Waals surface area contributed by atoms with Crippen LogP contribution in [0.1, 0.15) is 12.2 Å². The molecule has 1 aliphatic rings. The number of carbonyl (C=O) groups excluding carboxylic acids is 1. The molecule has 0 spiro atoms. The van der Waals surface area contributed by atoms with Gasteiger partial charge in [-0.25, -0.2) is 14.6 Å². The van der Waals surface area contributed by atoms with Gasteiger partial charge in [-0.05, 0) is 0 Å². The molecule has 2 rings (SSSR count). The highest BCUT2D eigenvalue weighted by Gasteiger charge is 2.40. The van der Waals surface area contributed by atoms with Crippen LogP contribution in [0.25, 0.3) is 0 Å². The Bertz CT molecular complexity index is 515. The number of likely N-dealkylation sites (tertiary alicyclic amines) is 1. The molecule has 0 radical (unpaired) electrons. The van der Waals surface area contributed by atoms with Crippen molar-refractivity contribution >= 4 is 12.0 Å². The molecule has 0 aromatic carbocycles. The van der Waals surface area contributed by atoms with E-state index in [4.69, 9.17) is 5.11 Å². The Morgan fingerprint density at radius 2 is 2.25 bits per heavy atom. The van der Waals surface area contributed by atoms with E-state index in [1.165, 1.54) is 9.80 Å². The zero-order valence-corrected chi connectivity index (χ0v) is 11.4. The number of carbonyl (C=O) groups is 2. The van der Waals surface area contributed by atoms with Gasteiger partial charge in [-0.15, -0.1) is 0 Å². The summed E-state index contributed by atoms with van der Waals surface area (Å²) in [6.07, 6.45) is 2.68. The van der Waals surface area contributed by atoms with Crippen LogP contribution in [0.2, 0.25) is 0 Å². The van der Waals surface area contributed by atoms with Crippen molar-refractivity contribution in [3.63, 3.8) is 0 Å². The number of carboxylic acids is 1. The van der Waals surface area contributed by atoms with Gasteiger partial charge in [-0.3, -0.25) is 0 Å². The van der Waals surface area contributed by atoms with Crippen molar-refractivity contribution in [1.29, 1.82) is 0 Å². The maximum atomic E-state index is 12.3. The average molecular weight is 282 g/mol. The van der Waals surface area contributed by atoms with E-state index in [1.54, 1.807) is 24.0 Å². The summed E-state index contributed by atoms with van der Waals surface area (Å²) >= 11 is 0. The van der Waals surface area contributed by atoms with Crippen molar-refractivity contribution < 1.29 is 19.8 Å². The van der Waals surface area contributed by atoms with E-state index in [0.717, 1.165) is 0 Å². The first-order valence-electron chi connectivity index (χ1n) is 6.29. The van der Waals surface area contributed by atoms with Crippen LogP contribution in [-0.4, -0.2) is 67.3 Å². The number of aliphatic carboxylic acids is 1. The second-order valence-electron chi connectivity index (χ2n) is 4.99. The summed E-state index contributed by atoms with van der Waals surface area (Å²) < 4.78 is 1.79.